The van der Waals surface area contributed by atoms with Gasteiger partial charge in [0.15, 0.2) is 0 Å². The summed E-state index contributed by atoms with van der Waals surface area (Å²) in [7, 11) is 0. The maximum atomic E-state index is 12.3. The lowest BCUT2D eigenvalue weighted by Crippen LogP contribution is -2.51. The lowest BCUT2D eigenvalue weighted by molar-refractivity contribution is -0.123. The monoisotopic (exact) mass is 293 g/mol. The van der Waals surface area contributed by atoms with Crippen LogP contribution in [0.25, 0.3) is 0 Å². The Bertz CT molecular complexity index is 502. The predicted octanol–water partition coefficient (Wildman–Crippen LogP) is 0.870. The summed E-state index contributed by atoms with van der Waals surface area (Å²) in [4.78, 5) is 27.9. The molecule has 0 bridgehead atoms. The zero-order chi connectivity index (χ0) is 15.4. The molecule has 1 fully saturated rings. The van der Waals surface area contributed by atoms with Crippen LogP contribution in [0, 0.1) is 6.92 Å². The summed E-state index contributed by atoms with van der Waals surface area (Å²) < 4.78 is 5.18. The fraction of sp³-hybridized carbons (Fsp3) is 0.600. The van der Waals surface area contributed by atoms with Crippen LogP contribution >= 0.6 is 0 Å². The molecule has 21 heavy (non-hydrogen) atoms. The Balaban J connectivity index is 1.82. The van der Waals surface area contributed by atoms with Crippen LogP contribution in [0.1, 0.15) is 30.0 Å². The van der Waals surface area contributed by atoms with Gasteiger partial charge in [0.25, 0.3) is 5.91 Å². The predicted molar refractivity (Wildman–Crippen MR) is 79.1 cm³/mol. The van der Waals surface area contributed by atoms with Crippen molar-refractivity contribution in [2.75, 3.05) is 32.7 Å². The van der Waals surface area contributed by atoms with Crippen LogP contribution in [0.4, 0.5) is 0 Å². The third kappa shape index (κ3) is 4.07. The highest BCUT2D eigenvalue weighted by molar-refractivity contribution is 5.95. The van der Waals surface area contributed by atoms with Crippen LogP contribution in [0.3, 0.4) is 0 Å². The number of nitrogens with one attached hydrogen (secondary N) is 1. The number of piperazine rings is 1. The number of carbonyl (C=O) groups excluding carboxylic acids is 2. The van der Waals surface area contributed by atoms with Gasteiger partial charge in [-0.1, -0.05) is 0 Å². The summed E-state index contributed by atoms with van der Waals surface area (Å²) in [5, 5.41) is 2.88. The van der Waals surface area contributed by atoms with Gasteiger partial charge in [-0.05, 0) is 26.8 Å². The molecule has 1 N–H and O–H groups in total. The third-order valence-corrected chi connectivity index (χ3v) is 3.57. The van der Waals surface area contributed by atoms with Crippen LogP contribution in [0.5, 0.6) is 0 Å². The summed E-state index contributed by atoms with van der Waals surface area (Å²) in [5.74, 6) is 0.696. The lowest BCUT2D eigenvalue weighted by Gasteiger charge is -2.34. The van der Waals surface area contributed by atoms with Gasteiger partial charge >= 0.3 is 0 Å². The van der Waals surface area contributed by atoms with Crippen molar-refractivity contribution in [3.63, 3.8) is 0 Å². The SMILES string of the molecule is Cc1occc1C(=O)N1CCN(CC(=O)NC(C)C)CC1. The average molecular weight is 293 g/mol. The van der Waals surface area contributed by atoms with E-state index in [1.165, 1.54) is 6.26 Å². The van der Waals surface area contributed by atoms with Crippen molar-refractivity contribution >= 4 is 11.8 Å². The molecule has 2 rings (SSSR count). The summed E-state index contributed by atoms with van der Waals surface area (Å²) in [5.41, 5.74) is 0.626. The summed E-state index contributed by atoms with van der Waals surface area (Å²) in [6, 6.07) is 1.87. The van der Waals surface area contributed by atoms with E-state index in [-0.39, 0.29) is 17.9 Å². The van der Waals surface area contributed by atoms with Crippen molar-refractivity contribution in [1.82, 2.24) is 15.1 Å². The van der Waals surface area contributed by atoms with Crippen LogP contribution in [0.2, 0.25) is 0 Å². The zero-order valence-electron chi connectivity index (χ0n) is 12.9. The highest BCUT2D eigenvalue weighted by Gasteiger charge is 2.24. The number of hydrogen-bond acceptors (Lipinski definition) is 4. The van der Waals surface area contributed by atoms with Gasteiger partial charge in [0, 0.05) is 32.2 Å². The topological polar surface area (TPSA) is 65.8 Å². The molecule has 0 unspecified atom stereocenters. The molecule has 0 aromatic carbocycles. The minimum Gasteiger partial charge on any atom is -0.469 e. The smallest absolute Gasteiger partial charge is 0.257 e. The van der Waals surface area contributed by atoms with E-state index in [0.717, 1.165) is 0 Å². The zero-order valence-corrected chi connectivity index (χ0v) is 12.9. The fourth-order valence-electron chi connectivity index (χ4n) is 2.46. The van der Waals surface area contributed by atoms with E-state index < -0.39 is 0 Å². The summed E-state index contributed by atoms with van der Waals surface area (Å²) >= 11 is 0. The van der Waals surface area contributed by atoms with Crippen LogP contribution in [-0.2, 0) is 4.79 Å². The Hall–Kier alpha value is -1.82. The minimum absolute atomic E-state index is 0.00697. The first-order valence-electron chi connectivity index (χ1n) is 7.32. The largest absolute Gasteiger partial charge is 0.469 e. The molecular weight excluding hydrogens is 270 g/mol. The fourth-order valence-corrected chi connectivity index (χ4v) is 2.46. The molecule has 116 valence electrons. The Morgan fingerprint density at radius 2 is 1.95 bits per heavy atom. The maximum absolute atomic E-state index is 12.3. The molecule has 0 saturated carbocycles. The Morgan fingerprint density at radius 3 is 2.48 bits per heavy atom. The molecule has 0 atom stereocenters. The van der Waals surface area contributed by atoms with Crippen molar-refractivity contribution in [3.05, 3.63) is 23.7 Å². The molecule has 0 radical (unpaired) electrons. The number of amides is 2. The van der Waals surface area contributed by atoms with Crippen LogP contribution in [-0.4, -0.2) is 60.4 Å². The van der Waals surface area contributed by atoms with Crippen LogP contribution in [0.15, 0.2) is 16.7 Å². The number of rotatable bonds is 4. The second-order valence-electron chi connectivity index (χ2n) is 5.68. The molecule has 1 aliphatic rings. The standard InChI is InChI=1S/C15H23N3O3/c1-11(2)16-14(19)10-17-5-7-18(8-6-17)15(20)13-4-9-21-12(13)3/h4,9,11H,5-8,10H2,1-3H3,(H,16,19). The third-order valence-electron chi connectivity index (χ3n) is 3.57. The molecule has 0 spiro atoms. The van der Waals surface area contributed by atoms with E-state index in [4.69, 9.17) is 4.42 Å². The van der Waals surface area contributed by atoms with Crippen molar-refractivity contribution in [2.45, 2.75) is 26.8 Å². The van der Waals surface area contributed by atoms with Crippen LogP contribution < -0.4 is 5.32 Å². The van der Waals surface area contributed by atoms with E-state index in [0.29, 0.717) is 44.0 Å². The van der Waals surface area contributed by atoms with E-state index in [9.17, 15) is 9.59 Å². The molecule has 6 nitrogen and oxygen atoms in total. The number of hydrogen-bond donors (Lipinski definition) is 1. The first-order chi connectivity index (χ1) is 9.97. The Labute approximate surface area is 125 Å². The molecule has 1 aliphatic heterocycles. The molecular formula is C15H23N3O3. The van der Waals surface area contributed by atoms with E-state index in [2.05, 4.69) is 10.2 Å². The quantitative estimate of drug-likeness (QED) is 0.894. The summed E-state index contributed by atoms with van der Waals surface area (Å²) in [6.07, 6.45) is 1.54. The first-order valence-corrected chi connectivity index (χ1v) is 7.32. The van der Waals surface area contributed by atoms with Crippen molar-refractivity contribution in [3.8, 4) is 0 Å². The molecule has 1 aromatic heterocycles. The van der Waals surface area contributed by atoms with Gasteiger partial charge in [0.1, 0.15) is 5.76 Å². The molecule has 2 heterocycles. The number of aryl methyl sites for hydroxylation is 1. The van der Waals surface area contributed by atoms with Crippen molar-refractivity contribution in [2.24, 2.45) is 0 Å². The molecule has 6 heteroatoms. The minimum atomic E-state index is 0.00697. The number of carbonyl (C=O) groups is 2. The first kappa shape index (κ1) is 15.6. The maximum Gasteiger partial charge on any atom is 0.257 e. The van der Waals surface area contributed by atoms with Gasteiger partial charge in [-0.2, -0.15) is 0 Å². The molecule has 0 aliphatic carbocycles. The molecule has 2 amide bonds. The van der Waals surface area contributed by atoms with E-state index >= 15 is 0 Å². The van der Waals surface area contributed by atoms with Gasteiger partial charge < -0.3 is 14.6 Å². The Kier molecular flexibility index (Phi) is 5.01. The highest BCUT2D eigenvalue weighted by Crippen LogP contribution is 2.13. The van der Waals surface area contributed by atoms with E-state index in [1.807, 2.05) is 18.7 Å². The van der Waals surface area contributed by atoms with Gasteiger partial charge in [-0.25, -0.2) is 0 Å². The molecule has 1 aromatic rings. The second kappa shape index (κ2) is 6.76. The summed E-state index contributed by atoms with van der Waals surface area (Å²) in [6.45, 7) is 8.79. The molecule has 1 saturated heterocycles. The lowest BCUT2D eigenvalue weighted by atomic mass is 10.2. The van der Waals surface area contributed by atoms with Gasteiger partial charge in [-0.3, -0.25) is 14.5 Å². The number of furan rings is 1. The second-order valence-corrected chi connectivity index (χ2v) is 5.68. The van der Waals surface area contributed by atoms with Crippen molar-refractivity contribution < 1.29 is 14.0 Å². The normalized spacial score (nSPS) is 16.3. The van der Waals surface area contributed by atoms with Gasteiger partial charge in [0.05, 0.1) is 18.4 Å². The Morgan fingerprint density at radius 1 is 1.29 bits per heavy atom. The number of nitrogens with zero attached hydrogens (tertiary/aromatic N) is 2. The van der Waals surface area contributed by atoms with E-state index in [1.54, 1.807) is 13.0 Å². The van der Waals surface area contributed by atoms with Gasteiger partial charge in [-0.15, -0.1) is 0 Å². The highest BCUT2D eigenvalue weighted by atomic mass is 16.3. The van der Waals surface area contributed by atoms with Gasteiger partial charge in [0.2, 0.25) is 5.91 Å². The average Bonchev–Trinajstić information content (AvgIpc) is 2.84. The van der Waals surface area contributed by atoms with Crippen molar-refractivity contribution in [1.29, 1.82) is 0 Å².